The van der Waals surface area contributed by atoms with Crippen molar-refractivity contribution >= 4 is 11.6 Å². The van der Waals surface area contributed by atoms with E-state index in [1.165, 1.54) is 0 Å². The average Bonchev–Trinajstić information content (AvgIpc) is 2.67. The lowest BCUT2D eigenvalue weighted by molar-refractivity contribution is -0.189. The van der Waals surface area contributed by atoms with Crippen LogP contribution in [0.1, 0.15) is 12.6 Å². The minimum Gasteiger partial charge on any atom is -0.477 e. The van der Waals surface area contributed by atoms with E-state index in [1.807, 2.05) is 0 Å². The van der Waals surface area contributed by atoms with Crippen LogP contribution in [-0.4, -0.2) is 26.9 Å². The fourth-order valence-corrected chi connectivity index (χ4v) is 1.52. The van der Waals surface area contributed by atoms with Gasteiger partial charge in [-0.3, -0.25) is 0 Å². The number of nitrogens with two attached hydrogens (primary N) is 1. The van der Waals surface area contributed by atoms with E-state index in [0.29, 0.717) is 17.5 Å². The van der Waals surface area contributed by atoms with E-state index in [9.17, 15) is 26.3 Å². The number of rotatable bonds is 2. The van der Waals surface area contributed by atoms with Gasteiger partial charge < -0.3 is 10.5 Å². The predicted octanol–water partition coefficient (Wildman–Crippen LogP) is 2.66. The van der Waals surface area contributed by atoms with Crippen LogP contribution >= 0.6 is 0 Å². The molecule has 0 saturated carbocycles. The second-order valence-corrected chi connectivity index (χ2v) is 4.09. The molecule has 2 aromatic heterocycles. The molecule has 0 aromatic carbocycles. The largest absolute Gasteiger partial charge is 0.477 e. The van der Waals surface area contributed by atoms with E-state index >= 15 is 0 Å². The fraction of sp³-hybridized carbons (Fsp3) is 0.400. The third-order valence-electron chi connectivity index (χ3n) is 2.52. The van der Waals surface area contributed by atoms with Gasteiger partial charge in [0.05, 0.1) is 0 Å². The summed E-state index contributed by atoms with van der Waals surface area (Å²) in [5.74, 6) is -1.02. The molecule has 2 heterocycles. The topological polar surface area (TPSA) is 65.4 Å². The summed E-state index contributed by atoms with van der Waals surface area (Å²) in [5, 5.41) is 3.31. The van der Waals surface area contributed by atoms with Gasteiger partial charge in [-0.1, -0.05) is 0 Å². The number of nitrogens with zero attached hydrogens (tertiary/aromatic N) is 3. The second-order valence-electron chi connectivity index (χ2n) is 4.09. The molecule has 0 spiro atoms. The van der Waals surface area contributed by atoms with E-state index in [1.54, 1.807) is 0 Å². The molecule has 0 bridgehead atoms. The van der Waals surface area contributed by atoms with Gasteiger partial charge in [0.2, 0.25) is 5.95 Å². The number of hydrogen-bond acceptors (Lipinski definition) is 4. The maximum absolute atomic E-state index is 12.8. The molecule has 0 aliphatic heterocycles. The lowest BCUT2D eigenvalue weighted by atomic mass is 10.3. The van der Waals surface area contributed by atoms with Crippen molar-refractivity contribution in [1.82, 2.24) is 14.6 Å². The predicted molar refractivity (Wildman–Crippen MR) is 58.5 cm³/mol. The Morgan fingerprint density at radius 3 is 2.33 bits per heavy atom. The number of anilines is 1. The van der Waals surface area contributed by atoms with E-state index < -0.39 is 41.5 Å². The highest BCUT2D eigenvalue weighted by molar-refractivity contribution is 5.56. The fourth-order valence-electron chi connectivity index (χ4n) is 1.52. The molecule has 0 saturated heterocycles. The molecule has 1 atom stereocenters. The van der Waals surface area contributed by atoms with Crippen molar-refractivity contribution in [3.05, 3.63) is 17.8 Å². The Kier molecular flexibility index (Phi) is 3.38. The van der Waals surface area contributed by atoms with Gasteiger partial charge in [-0.05, 0) is 19.1 Å². The maximum atomic E-state index is 12.8. The number of halogens is 6. The number of nitrogen functional groups attached to an aromatic ring is 1. The summed E-state index contributed by atoms with van der Waals surface area (Å²) in [6, 6.07) is 1.29. The number of pyridine rings is 1. The Morgan fingerprint density at radius 2 is 1.81 bits per heavy atom. The van der Waals surface area contributed by atoms with Crippen molar-refractivity contribution in [2.24, 2.45) is 0 Å². The number of ether oxygens (including phenoxy) is 1. The van der Waals surface area contributed by atoms with Crippen LogP contribution < -0.4 is 10.5 Å². The third kappa shape index (κ3) is 2.95. The Labute approximate surface area is 113 Å². The lowest BCUT2D eigenvalue weighted by Crippen LogP contribution is -2.31. The number of hydrogen-bond donors (Lipinski definition) is 1. The first kappa shape index (κ1) is 15.2. The lowest BCUT2D eigenvalue weighted by Gasteiger charge is -2.18. The molecule has 2 aromatic rings. The molecule has 0 unspecified atom stereocenters. The van der Waals surface area contributed by atoms with E-state index in [-0.39, 0.29) is 0 Å². The van der Waals surface area contributed by atoms with Crippen LogP contribution in [0.2, 0.25) is 0 Å². The first-order chi connectivity index (χ1) is 9.50. The summed E-state index contributed by atoms with van der Waals surface area (Å²) in [6.07, 6.45) is -11.7. The van der Waals surface area contributed by atoms with Crippen LogP contribution in [-0.2, 0) is 6.18 Å². The van der Waals surface area contributed by atoms with E-state index in [4.69, 9.17) is 5.73 Å². The Bertz CT molecular complexity index is 662. The standard InChI is InChI=1S/C10H8F6N4O/c1-4(9(11,12)13)21-5-2-3-6(10(14,15)16)20-7(5)18-8(17)19-20/h2-4H,1H3,(H2,17,19)/t4-/m0/s1. The van der Waals surface area contributed by atoms with Crippen molar-refractivity contribution in [1.29, 1.82) is 0 Å². The quantitative estimate of drug-likeness (QED) is 0.866. The Balaban J connectivity index is 2.53. The van der Waals surface area contributed by atoms with Gasteiger partial charge in [0.1, 0.15) is 5.69 Å². The molecule has 0 aliphatic carbocycles. The van der Waals surface area contributed by atoms with Gasteiger partial charge in [-0.2, -0.15) is 31.3 Å². The molecular weight excluding hydrogens is 306 g/mol. The molecule has 5 nitrogen and oxygen atoms in total. The smallest absolute Gasteiger partial charge is 0.433 e. The number of aromatic nitrogens is 3. The van der Waals surface area contributed by atoms with Gasteiger partial charge in [0.15, 0.2) is 17.5 Å². The van der Waals surface area contributed by atoms with E-state index in [2.05, 4.69) is 14.8 Å². The van der Waals surface area contributed by atoms with Crippen LogP contribution in [0, 0.1) is 0 Å². The minimum atomic E-state index is -4.77. The summed E-state index contributed by atoms with van der Waals surface area (Å²) in [7, 11) is 0. The summed E-state index contributed by atoms with van der Waals surface area (Å²) >= 11 is 0. The summed E-state index contributed by atoms with van der Waals surface area (Å²) < 4.78 is 80.5. The molecule has 0 radical (unpaired) electrons. The van der Waals surface area contributed by atoms with Gasteiger partial charge >= 0.3 is 12.4 Å². The van der Waals surface area contributed by atoms with E-state index in [0.717, 1.165) is 6.07 Å². The molecule has 21 heavy (non-hydrogen) atoms. The van der Waals surface area contributed by atoms with Crippen LogP contribution in [0.25, 0.3) is 5.65 Å². The zero-order valence-corrected chi connectivity index (χ0v) is 10.3. The summed E-state index contributed by atoms with van der Waals surface area (Å²) in [5.41, 5.74) is 3.43. The maximum Gasteiger partial charge on any atom is 0.433 e. The van der Waals surface area contributed by atoms with Crippen LogP contribution in [0.15, 0.2) is 12.1 Å². The normalized spacial score (nSPS) is 14.4. The van der Waals surface area contributed by atoms with Crippen molar-refractivity contribution in [2.45, 2.75) is 25.4 Å². The molecule has 11 heteroatoms. The van der Waals surface area contributed by atoms with Gasteiger partial charge in [0, 0.05) is 0 Å². The first-order valence-electron chi connectivity index (χ1n) is 5.46. The van der Waals surface area contributed by atoms with Crippen molar-refractivity contribution in [3.8, 4) is 5.75 Å². The highest BCUT2D eigenvalue weighted by atomic mass is 19.4. The highest BCUT2D eigenvalue weighted by Crippen LogP contribution is 2.33. The molecule has 2 rings (SSSR count). The van der Waals surface area contributed by atoms with Crippen molar-refractivity contribution in [3.63, 3.8) is 0 Å². The minimum absolute atomic E-state index is 0.299. The zero-order valence-electron chi connectivity index (χ0n) is 10.3. The molecule has 0 aliphatic rings. The van der Waals surface area contributed by atoms with Crippen LogP contribution in [0.4, 0.5) is 32.3 Å². The third-order valence-corrected chi connectivity index (χ3v) is 2.52. The molecular formula is C10H8F6N4O. The summed E-state index contributed by atoms with van der Waals surface area (Å²) in [4.78, 5) is 3.46. The Hall–Kier alpha value is -2.20. The molecule has 0 amide bonds. The molecule has 0 fully saturated rings. The SMILES string of the molecule is C[C@H](Oc1ccc(C(F)(F)F)n2nc(N)nc12)C(F)(F)F. The van der Waals surface area contributed by atoms with Gasteiger partial charge in [0.25, 0.3) is 0 Å². The molecule has 2 N–H and O–H groups in total. The van der Waals surface area contributed by atoms with Gasteiger partial charge in [-0.25, -0.2) is 4.52 Å². The number of fused-ring (bicyclic) bond motifs is 1. The highest BCUT2D eigenvalue weighted by Gasteiger charge is 2.39. The number of alkyl halides is 6. The van der Waals surface area contributed by atoms with Gasteiger partial charge in [-0.15, -0.1) is 5.10 Å². The average molecular weight is 314 g/mol. The second kappa shape index (κ2) is 4.67. The van der Waals surface area contributed by atoms with Crippen LogP contribution in [0.5, 0.6) is 5.75 Å². The van der Waals surface area contributed by atoms with Crippen molar-refractivity contribution in [2.75, 3.05) is 5.73 Å². The first-order valence-corrected chi connectivity index (χ1v) is 5.46. The van der Waals surface area contributed by atoms with Crippen LogP contribution in [0.3, 0.4) is 0 Å². The van der Waals surface area contributed by atoms with Crippen molar-refractivity contribution < 1.29 is 31.1 Å². The monoisotopic (exact) mass is 314 g/mol. The molecule has 116 valence electrons. The Morgan fingerprint density at radius 1 is 1.19 bits per heavy atom. The zero-order chi connectivity index (χ0) is 16.0. The summed E-state index contributed by atoms with van der Waals surface area (Å²) in [6.45, 7) is 0.716.